The lowest BCUT2D eigenvalue weighted by Crippen LogP contribution is -2.26. The Bertz CT molecular complexity index is 1020. The van der Waals surface area contributed by atoms with Gasteiger partial charge in [-0.05, 0) is 35.4 Å². The molecule has 8 heteroatoms. The van der Waals surface area contributed by atoms with Crippen molar-refractivity contribution in [1.29, 1.82) is 0 Å². The van der Waals surface area contributed by atoms with Crippen LogP contribution in [-0.2, 0) is 0 Å². The minimum absolute atomic E-state index is 0.185. The first-order valence-corrected chi connectivity index (χ1v) is 8.94. The van der Waals surface area contributed by atoms with Gasteiger partial charge in [-0.3, -0.25) is 9.97 Å². The number of hydrogen-bond acceptors (Lipinski definition) is 8. The molecule has 0 aliphatic rings. The highest BCUT2D eigenvalue weighted by molar-refractivity contribution is 5.64. The lowest BCUT2D eigenvalue weighted by molar-refractivity contribution is 0.398. The Labute approximate surface area is 168 Å². The molecule has 0 saturated carbocycles. The van der Waals surface area contributed by atoms with Gasteiger partial charge in [0.1, 0.15) is 5.82 Å². The van der Waals surface area contributed by atoms with Crippen molar-refractivity contribution in [2.24, 2.45) is 0 Å². The summed E-state index contributed by atoms with van der Waals surface area (Å²) in [6.45, 7) is 0. The third-order valence-corrected chi connectivity index (χ3v) is 4.37. The number of nitrogen functional groups attached to an aromatic ring is 1. The van der Waals surface area contributed by atoms with E-state index in [1.54, 1.807) is 44.0 Å². The number of anilines is 3. The van der Waals surface area contributed by atoms with Gasteiger partial charge in [0.25, 0.3) is 0 Å². The number of pyridine rings is 3. The van der Waals surface area contributed by atoms with Crippen LogP contribution in [0.5, 0.6) is 5.88 Å². The van der Waals surface area contributed by atoms with Gasteiger partial charge in [0.15, 0.2) is 0 Å². The molecule has 4 aromatic rings. The largest absolute Gasteiger partial charge is 0.481 e. The molecule has 4 heterocycles. The highest BCUT2D eigenvalue weighted by Gasteiger charge is 2.26. The first-order chi connectivity index (χ1) is 14.3. The fraction of sp³-hybridized carbons (Fsp3) is 0.0952. The van der Waals surface area contributed by atoms with E-state index in [0.717, 1.165) is 16.8 Å². The average molecular weight is 385 g/mol. The van der Waals surface area contributed by atoms with Crippen LogP contribution in [-0.4, -0.2) is 32.0 Å². The minimum Gasteiger partial charge on any atom is -0.481 e. The molecular weight excluding hydrogens is 366 g/mol. The van der Waals surface area contributed by atoms with E-state index in [1.807, 2.05) is 47.6 Å². The zero-order valence-electron chi connectivity index (χ0n) is 15.8. The number of rotatable bonds is 6. The predicted octanol–water partition coefficient (Wildman–Crippen LogP) is 3.18. The topological polar surface area (TPSA) is 103 Å². The molecule has 0 unspecified atom stereocenters. The summed E-state index contributed by atoms with van der Waals surface area (Å²) >= 11 is 0. The van der Waals surface area contributed by atoms with E-state index in [2.05, 4.69) is 24.9 Å². The lowest BCUT2D eigenvalue weighted by Gasteiger charge is -2.33. The van der Waals surface area contributed by atoms with Crippen molar-refractivity contribution >= 4 is 17.5 Å². The normalized spacial score (nSPS) is 10.7. The zero-order chi connectivity index (χ0) is 20.1. The molecule has 29 heavy (non-hydrogen) atoms. The molecule has 0 saturated heterocycles. The predicted molar refractivity (Wildman–Crippen MR) is 110 cm³/mol. The Morgan fingerprint density at radius 2 is 1.59 bits per heavy atom. The molecule has 0 aliphatic carbocycles. The molecular formula is C21H19N7O. The van der Waals surface area contributed by atoms with Gasteiger partial charge in [0.05, 0.1) is 25.0 Å². The van der Waals surface area contributed by atoms with Crippen LogP contribution in [0.25, 0.3) is 0 Å². The Balaban J connectivity index is 1.93. The molecule has 0 amide bonds. The third kappa shape index (κ3) is 3.96. The molecule has 8 nitrogen and oxygen atoms in total. The van der Waals surface area contributed by atoms with E-state index in [-0.39, 0.29) is 12.0 Å². The van der Waals surface area contributed by atoms with E-state index in [4.69, 9.17) is 10.5 Å². The molecule has 0 fully saturated rings. The third-order valence-electron chi connectivity index (χ3n) is 4.37. The van der Waals surface area contributed by atoms with Crippen molar-refractivity contribution in [3.63, 3.8) is 0 Å². The van der Waals surface area contributed by atoms with Crippen LogP contribution in [0, 0.1) is 0 Å². The molecule has 0 aliphatic heterocycles. The van der Waals surface area contributed by atoms with Crippen molar-refractivity contribution in [3.8, 4) is 5.88 Å². The van der Waals surface area contributed by atoms with Crippen LogP contribution < -0.4 is 15.4 Å². The molecule has 0 radical (unpaired) electrons. The van der Waals surface area contributed by atoms with E-state index in [9.17, 15) is 0 Å². The highest BCUT2D eigenvalue weighted by Crippen LogP contribution is 2.38. The first-order valence-electron chi connectivity index (χ1n) is 8.94. The summed E-state index contributed by atoms with van der Waals surface area (Å²) in [6, 6.07) is 13.1. The molecule has 144 valence electrons. The fourth-order valence-electron chi connectivity index (χ4n) is 3.11. The van der Waals surface area contributed by atoms with E-state index in [0.29, 0.717) is 11.7 Å². The summed E-state index contributed by atoms with van der Waals surface area (Å²) in [7, 11) is 1.58. The highest BCUT2D eigenvalue weighted by atomic mass is 16.5. The second-order valence-electron chi connectivity index (χ2n) is 6.18. The summed E-state index contributed by atoms with van der Waals surface area (Å²) in [4.78, 5) is 23.5. The van der Waals surface area contributed by atoms with Crippen molar-refractivity contribution in [2.45, 2.75) is 6.04 Å². The molecule has 0 aromatic carbocycles. The van der Waals surface area contributed by atoms with Crippen LogP contribution in [0.1, 0.15) is 17.2 Å². The van der Waals surface area contributed by atoms with Gasteiger partial charge in [-0.15, -0.1) is 0 Å². The maximum absolute atomic E-state index is 5.89. The molecule has 2 N–H and O–H groups in total. The zero-order valence-corrected chi connectivity index (χ0v) is 15.8. The van der Waals surface area contributed by atoms with Gasteiger partial charge in [-0.25, -0.2) is 9.97 Å². The second kappa shape index (κ2) is 8.30. The van der Waals surface area contributed by atoms with Crippen LogP contribution in [0.4, 0.5) is 17.5 Å². The monoisotopic (exact) mass is 385 g/mol. The Hall–Kier alpha value is -4.07. The van der Waals surface area contributed by atoms with Crippen molar-refractivity contribution < 1.29 is 4.74 Å². The lowest BCUT2D eigenvalue weighted by atomic mass is 9.99. The van der Waals surface area contributed by atoms with Gasteiger partial charge in [-0.2, -0.15) is 4.98 Å². The van der Waals surface area contributed by atoms with Crippen LogP contribution in [0.15, 0.2) is 79.6 Å². The van der Waals surface area contributed by atoms with Gasteiger partial charge in [0, 0.05) is 37.1 Å². The smallest absolute Gasteiger partial charge is 0.221 e. The van der Waals surface area contributed by atoms with E-state index >= 15 is 0 Å². The second-order valence-corrected chi connectivity index (χ2v) is 6.18. The Kier molecular flexibility index (Phi) is 5.24. The standard InChI is InChI=1S/C21H19N7O/c1-29-19-7-6-17(14-26-19)28(18-8-11-25-21(22)27-18)20(15-4-2-9-23-12-15)16-5-3-10-24-13-16/h2-14,20H,1H3,(H2,22,25,27). The van der Waals surface area contributed by atoms with Gasteiger partial charge in [-0.1, -0.05) is 12.1 Å². The Morgan fingerprint density at radius 3 is 2.10 bits per heavy atom. The quantitative estimate of drug-likeness (QED) is 0.540. The number of aromatic nitrogens is 5. The van der Waals surface area contributed by atoms with E-state index < -0.39 is 0 Å². The molecule has 0 bridgehead atoms. The number of nitrogens with zero attached hydrogens (tertiary/aromatic N) is 6. The molecule has 4 rings (SSSR count). The molecule has 0 atom stereocenters. The number of nitrogens with two attached hydrogens (primary N) is 1. The van der Waals surface area contributed by atoms with E-state index in [1.165, 1.54) is 0 Å². The van der Waals surface area contributed by atoms with Gasteiger partial charge >= 0.3 is 0 Å². The maximum atomic E-state index is 5.89. The van der Waals surface area contributed by atoms with Gasteiger partial charge in [0.2, 0.25) is 11.8 Å². The average Bonchev–Trinajstić information content (AvgIpc) is 2.79. The number of hydrogen-bond donors (Lipinski definition) is 1. The van der Waals surface area contributed by atoms with Crippen molar-refractivity contribution in [2.75, 3.05) is 17.7 Å². The summed E-state index contributed by atoms with van der Waals surface area (Å²) in [5.41, 5.74) is 8.63. The molecule has 4 aromatic heterocycles. The maximum Gasteiger partial charge on any atom is 0.221 e. The van der Waals surface area contributed by atoms with Crippen molar-refractivity contribution in [3.05, 3.63) is 90.8 Å². The fourth-order valence-corrected chi connectivity index (χ4v) is 3.11. The van der Waals surface area contributed by atoms with Crippen LogP contribution >= 0.6 is 0 Å². The number of ether oxygens (including phenoxy) is 1. The molecule has 0 spiro atoms. The SMILES string of the molecule is COc1ccc(N(c2ccnc(N)n2)C(c2cccnc2)c2cccnc2)cn1. The minimum atomic E-state index is -0.262. The van der Waals surface area contributed by atoms with Crippen molar-refractivity contribution in [1.82, 2.24) is 24.9 Å². The number of methoxy groups -OCH3 is 1. The van der Waals surface area contributed by atoms with Gasteiger partial charge < -0.3 is 15.4 Å². The summed E-state index contributed by atoms with van der Waals surface area (Å²) in [5.74, 6) is 1.34. The summed E-state index contributed by atoms with van der Waals surface area (Å²) < 4.78 is 5.21. The first kappa shape index (κ1) is 18.3. The summed E-state index contributed by atoms with van der Waals surface area (Å²) in [6.07, 6.45) is 10.5. The summed E-state index contributed by atoms with van der Waals surface area (Å²) in [5, 5.41) is 0. The Morgan fingerprint density at radius 1 is 0.862 bits per heavy atom. The van der Waals surface area contributed by atoms with Crippen LogP contribution in [0.3, 0.4) is 0 Å². The van der Waals surface area contributed by atoms with Crippen LogP contribution in [0.2, 0.25) is 0 Å².